The van der Waals surface area contributed by atoms with E-state index in [9.17, 15) is 4.79 Å². The minimum absolute atomic E-state index is 0.220. The molecule has 0 spiro atoms. The number of nitrogens with one attached hydrogen (secondary N) is 2. The molecule has 0 atom stereocenters. The van der Waals surface area contributed by atoms with E-state index in [1.807, 2.05) is 17.0 Å². The summed E-state index contributed by atoms with van der Waals surface area (Å²) in [6.45, 7) is 5.68. The summed E-state index contributed by atoms with van der Waals surface area (Å²) >= 11 is 0. The third-order valence-electron chi connectivity index (χ3n) is 5.46. The Kier molecular flexibility index (Phi) is 8.77. The summed E-state index contributed by atoms with van der Waals surface area (Å²) in [5, 5.41) is 6.66. The van der Waals surface area contributed by atoms with Crippen LogP contribution in [0.2, 0.25) is 0 Å². The average molecular weight is 403 g/mol. The fourth-order valence-electron chi connectivity index (χ4n) is 3.67. The first kappa shape index (κ1) is 21.6. The van der Waals surface area contributed by atoms with E-state index in [1.165, 1.54) is 0 Å². The van der Waals surface area contributed by atoms with E-state index < -0.39 is 0 Å². The Labute approximate surface area is 173 Å². The van der Waals surface area contributed by atoms with E-state index in [2.05, 4.69) is 27.8 Å². The second-order valence-electron chi connectivity index (χ2n) is 7.65. The molecule has 2 N–H and O–H groups in total. The van der Waals surface area contributed by atoms with Crippen LogP contribution in [0.5, 0.6) is 0 Å². The van der Waals surface area contributed by atoms with Crippen LogP contribution in [0.1, 0.15) is 37.7 Å². The predicted octanol–water partition coefficient (Wildman–Crippen LogP) is 2.31. The molecule has 3 rings (SSSR count). The van der Waals surface area contributed by atoms with Gasteiger partial charge in [-0.1, -0.05) is 12.1 Å². The maximum atomic E-state index is 11.8. The summed E-state index contributed by atoms with van der Waals surface area (Å²) in [4.78, 5) is 18.0. The quantitative estimate of drug-likeness (QED) is 0.377. The zero-order valence-corrected chi connectivity index (χ0v) is 17.5. The fraction of sp³-hybridized carbons (Fsp3) is 0.636. The molecule has 2 aliphatic rings. The maximum Gasteiger partial charge on any atom is 0.227 e. The summed E-state index contributed by atoms with van der Waals surface area (Å²) < 4.78 is 11.2. The number of hydrogen-bond acceptors (Lipinski definition) is 4. The molecule has 2 fully saturated rings. The van der Waals surface area contributed by atoms with Gasteiger partial charge in [0.25, 0.3) is 0 Å². The molecule has 7 nitrogen and oxygen atoms in total. The van der Waals surface area contributed by atoms with E-state index in [-0.39, 0.29) is 5.91 Å². The van der Waals surface area contributed by atoms with E-state index in [0.717, 1.165) is 82.4 Å². The van der Waals surface area contributed by atoms with Gasteiger partial charge < -0.3 is 25.0 Å². The zero-order chi connectivity index (χ0) is 20.3. The molecule has 29 heavy (non-hydrogen) atoms. The molecule has 0 aromatic heterocycles. The van der Waals surface area contributed by atoms with Crippen molar-refractivity contribution in [2.45, 2.75) is 38.6 Å². The lowest BCUT2D eigenvalue weighted by Crippen LogP contribution is -2.37. The van der Waals surface area contributed by atoms with E-state index >= 15 is 0 Å². The standard InChI is InChI=1S/C22H34N4O3/c1-23-22(24-11-3-13-29-17-19-9-14-28-15-10-19)25-16-18-5-7-20(8-6-18)26-12-2-4-21(26)27/h5-8,19H,2-4,9-17H2,1H3,(H2,23,24,25). The van der Waals surface area contributed by atoms with Gasteiger partial charge in [-0.25, -0.2) is 0 Å². The summed E-state index contributed by atoms with van der Waals surface area (Å²) in [6.07, 6.45) is 4.79. The molecule has 7 heteroatoms. The highest BCUT2D eigenvalue weighted by atomic mass is 16.5. The Morgan fingerprint density at radius 3 is 2.72 bits per heavy atom. The largest absolute Gasteiger partial charge is 0.381 e. The Morgan fingerprint density at radius 2 is 2.03 bits per heavy atom. The van der Waals surface area contributed by atoms with Crippen LogP contribution in [0.4, 0.5) is 5.69 Å². The number of benzene rings is 1. The molecule has 0 radical (unpaired) electrons. The third kappa shape index (κ3) is 7.01. The van der Waals surface area contributed by atoms with Gasteiger partial charge in [-0.2, -0.15) is 0 Å². The predicted molar refractivity (Wildman–Crippen MR) is 115 cm³/mol. The topological polar surface area (TPSA) is 75.2 Å². The zero-order valence-electron chi connectivity index (χ0n) is 17.5. The van der Waals surface area contributed by atoms with Crippen LogP contribution in [0.25, 0.3) is 0 Å². The molecule has 0 aliphatic carbocycles. The number of nitrogens with zero attached hydrogens (tertiary/aromatic N) is 2. The van der Waals surface area contributed by atoms with Crippen LogP contribution in [0, 0.1) is 5.92 Å². The van der Waals surface area contributed by atoms with Crippen molar-refractivity contribution in [2.24, 2.45) is 10.9 Å². The smallest absolute Gasteiger partial charge is 0.227 e. The average Bonchev–Trinajstić information content (AvgIpc) is 3.19. The van der Waals surface area contributed by atoms with Crippen LogP contribution in [0.3, 0.4) is 0 Å². The lowest BCUT2D eigenvalue weighted by Gasteiger charge is -2.21. The first-order chi connectivity index (χ1) is 14.3. The minimum Gasteiger partial charge on any atom is -0.381 e. The highest BCUT2D eigenvalue weighted by Crippen LogP contribution is 2.21. The minimum atomic E-state index is 0.220. The molecule has 1 amide bonds. The SMILES string of the molecule is CN=C(NCCCOCC1CCOCC1)NCc1ccc(N2CCCC2=O)cc1. The molecule has 0 bridgehead atoms. The lowest BCUT2D eigenvalue weighted by molar-refractivity contribution is -0.117. The summed E-state index contributed by atoms with van der Waals surface area (Å²) in [6, 6.07) is 8.16. The van der Waals surface area contributed by atoms with Crippen LogP contribution >= 0.6 is 0 Å². The van der Waals surface area contributed by atoms with Gasteiger partial charge in [0.15, 0.2) is 5.96 Å². The maximum absolute atomic E-state index is 11.8. The fourth-order valence-corrected chi connectivity index (χ4v) is 3.67. The number of hydrogen-bond donors (Lipinski definition) is 2. The molecule has 2 heterocycles. The van der Waals surface area contributed by atoms with Crippen molar-refractivity contribution in [1.29, 1.82) is 0 Å². The van der Waals surface area contributed by atoms with Crippen LogP contribution in [-0.2, 0) is 20.8 Å². The number of rotatable bonds is 9. The van der Waals surface area contributed by atoms with Crippen molar-refractivity contribution in [3.05, 3.63) is 29.8 Å². The number of carbonyl (C=O) groups excluding carboxylic acids is 1. The first-order valence-electron chi connectivity index (χ1n) is 10.8. The first-order valence-corrected chi connectivity index (χ1v) is 10.8. The van der Waals surface area contributed by atoms with Gasteiger partial charge in [-0.15, -0.1) is 0 Å². The van der Waals surface area contributed by atoms with Gasteiger partial charge in [0.2, 0.25) is 5.91 Å². The lowest BCUT2D eigenvalue weighted by atomic mass is 10.0. The van der Waals surface area contributed by atoms with E-state index in [0.29, 0.717) is 18.9 Å². The number of anilines is 1. The van der Waals surface area contributed by atoms with Crippen molar-refractivity contribution in [2.75, 3.05) is 51.5 Å². The monoisotopic (exact) mass is 402 g/mol. The molecule has 0 saturated carbocycles. The number of carbonyl (C=O) groups is 1. The molecular weight excluding hydrogens is 368 g/mol. The number of ether oxygens (including phenoxy) is 2. The molecule has 1 aromatic carbocycles. The normalized spacial score (nSPS) is 18.3. The second-order valence-corrected chi connectivity index (χ2v) is 7.65. The molecular formula is C22H34N4O3. The Hall–Kier alpha value is -2.12. The molecule has 160 valence electrons. The number of guanidine groups is 1. The molecule has 1 aromatic rings. The van der Waals surface area contributed by atoms with Gasteiger partial charge in [-0.3, -0.25) is 9.79 Å². The molecule has 2 aliphatic heterocycles. The van der Waals surface area contributed by atoms with E-state index in [1.54, 1.807) is 7.05 Å². The van der Waals surface area contributed by atoms with Gasteiger partial charge in [0.05, 0.1) is 0 Å². The van der Waals surface area contributed by atoms with Crippen LogP contribution < -0.4 is 15.5 Å². The molecule has 2 saturated heterocycles. The highest BCUT2D eigenvalue weighted by Gasteiger charge is 2.21. The number of amides is 1. The Bertz CT molecular complexity index is 657. The van der Waals surface area contributed by atoms with Gasteiger partial charge in [0.1, 0.15) is 0 Å². The van der Waals surface area contributed by atoms with Gasteiger partial charge in [-0.05, 0) is 49.3 Å². The van der Waals surface area contributed by atoms with Gasteiger partial charge >= 0.3 is 0 Å². The van der Waals surface area contributed by atoms with Crippen LogP contribution in [-0.4, -0.2) is 58.4 Å². The van der Waals surface area contributed by atoms with Crippen LogP contribution in [0.15, 0.2) is 29.3 Å². The summed E-state index contributed by atoms with van der Waals surface area (Å²) in [7, 11) is 1.78. The van der Waals surface area contributed by atoms with Crippen molar-refractivity contribution in [1.82, 2.24) is 10.6 Å². The second kappa shape index (κ2) is 11.8. The Balaban J connectivity index is 1.29. The summed E-state index contributed by atoms with van der Waals surface area (Å²) in [5.74, 6) is 1.66. The van der Waals surface area contributed by atoms with Crippen molar-refractivity contribution >= 4 is 17.6 Å². The Morgan fingerprint density at radius 1 is 1.24 bits per heavy atom. The third-order valence-corrected chi connectivity index (χ3v) is 5.46. The highest BCUT2D eigenvalue weighted by molar-refractivity contribution is 5.95. The van der Waals surface area contributed by atoms with E-state index in [4.69, 9.17) is 9.47 Å². The van der Waals surface area contributed by atoms with Gasteiger partial charge in [0, 0.05) is 65.2 Å². The van der Waals surface area contributed by atoms with Crippen molar-refractivity contribution in [3.8, 4) is 0 Å². The summed E-state index contributed by atoms with van der Waals surface area (Å²) in [5.41, 5.74) is 2.14. The van der Waals surface area contributed by atoms with Crippen molar-refractivity contribution in [3.63, 3.8) is 0 Å². The van der Waals surface area contributed by atoms with Crippen molar-refractivity contribution < 1.29 is 14.3 Å². The number of aliphatic imine (C=N–C) groups is 1. The molecule has 0 unspecified atom stereocenters.